The Bertz CT molecular complexity index is 492. The van der Waals surface area contributed by atoms with Gasteiger partial charge in [0.25, 0.3) is 0 Å². The van der Waals surface area contributed by atoms with E-state index in [0.29, 0.717) is 0 Å². The third-order valence-corrected chi connectivity index (χ3v) is 3.34. The molecule has 0 aromatic heterocycles. The molecule has 0 bridgehead atoms. The van der Waals surface area contributed by atoms with E-state index >= 15 is 0 Å². The topological polar surface area (TPSA) is 57.5 Å². The number of halogens is 3. The number of benzene rings is 1. The van der Waals surface area contributed by atoms with E-state index in [-0.39, 0.29) is 23.7 Å². The van der Waals surface area contributed by atoms with Crippen LogP contribution >= 0.6 is 0 Å². The van der Waals surface area contributed by atoms with Crippen molar-refractivity contribution in [2.75, 3.05) is 0 Å². The Kier molecular flexibility index (Phi) is 3.43. The summed E-state index contributed by atoms with van der Waals surface area (Å²) in [4.78, 5) is 10.8. The quantitative estimate of drug-likeness (QED) is 0.884. The number of hydrogen-bond donors (Lipinski definition) is 2. The van der Waals surface area contributed by atoms with Crippen molar-refractivity contribution in [3.8, 4) is 5.75 Å². The van der Waals surface area contributed by atoms with Gasteiger partial charge in [-0.3, -0.25) is 4.79 Å². The van der Waals surface area contributed by atoms with E-state index in [0.717, 1.165) is 31.0 Å². The number of carboxylic acid groups (broad SMARTS) is 1. The maximum atomic E-state index is 12.6. The average molecular weight is 274 g/mol. The van der Waals surface area contributed by atoms with Gasteiger partial charge in [0.1, 0.15) is 5.75 Å². The van der Waals surface area contributed by atoms with Crippen LogP contribution in [-0.4, -0.2) is 16.2 Å². The number of phenolic OH excluding ortho intramolecular Hbond substituents is 1. The van der Waals surface area contributed by atoms with Crippen LogP contribution in [0.15, 0.2) is 18.2 Å². The van der Waals surface area contributed by atoms with Gasteiger partial charge in [0.15, 0.2) is 0 Å². The number of phenols is 1. The summed E-state index contributed by atoms with van der Waals surface area (Å²) < 4.78 is 37.9. The van der Waals surface area contributed by atoms with Crippen molar-refractivity contribution in [1.29, 1.82) is 0 Å². The van der Waals surface area contributed by atoms with E-state index < -0.39 is 23.6 Å². The first-order valence-corrected chi connectivity index (χ1v) is 5.91. The number of hydrogen-bond acceptors (Lipinski definition) is 2. The van der Waals surface area contributed by atoms with Crippen molar-refractivity contribution in [2.24, 2.45) is 5.92 Å². The van der Waals surface area contributed by atoms with Crippen molar-refractivity contribution in [2.45, 2.75) is 31.4 Å². The summed E-state index contributed by atoms with van der Waals surface area (Å²) in [5.74, 6) is -1.86. The van der Waals surface area contributed by atoms with E-state index in [1.165, 1.54) is 0 Å². The molecular weight excluding hydrogens is 261 g/mol. The third-order valence-electron chi connectivity index (χ3n) is 3.34. The van der Waals surface area contributed by atoms with Gasteiger partial charge >= 0.3 is 12.1 Å². The fraction of sp³-hybridized carbons (Fsp3) is 0.462. The van der Waals surface area contributed by atoms with Crippen LogP contribution in [-0.2, 0) is 11.0 Å². The smallest absolute Gasteiger partial charge is 0.416 e. The van der Waals surface area contributed by atoms with E-state index in [2.05, 4.69) is 0 Å². The molecule has 0 aliphatic heterocycles. The summed E-state index contributed by atoms with van der Waals surface area (Å²) in [5.41, 5.74) is -0.781. The van der Waals surface area contributed by atoms with Gasteiger partial charge in [0.05, 0.1) is 12.0 Å². The molecule has 1 aliphatic rings. The number of rotatable bonds is 4. The number of carboxylic acids is 1. The molecule has 6 heteroatoms. The Balaban J connectivity index is 2.38. The molecule has 1 atom stereocenters. The van der Waals surface area contributed by atoms with Crippen LogP contribution in [0.2, 0.25) is 0 Å². The standard InChI is InChI=1S/C13H13F3O3/c14-13(15,16)8-3-4-11(17)10(5-8)9(6-12(18)19)7-1-2-7/h3-5,7,9,17H,1-2,6H2,(H,18,19). The lowest BCUT2D eigenvalue weighted by Crippen LogP contribution is -2.11. The Labute approximate surface area is 107 Å². The average Bonchev–Trinajstić information content (AvgIpc) is 3.08. The molecule has 0 amide bonds. The summed E-state index contributed by atoms with van der Waals surface area (Å²) in [5, 5.41) is 18.5. The zero-order valence-corrected chi connectivity index (χ0v) is 9.94. The normalized spacial score (nSPS) is 17.2. The Morgan fingerprint density at radius 3 is 2.47 bits per heavy atom. The summed E-state index contributed by atoms with van der Waals surface area (Å²) in [6.45, 7) is 0. The molecule has 2 rings (SSSR count). The molecule has 0 spiro atoms. The Morgan fingerprint density at radius 2 is 2.00 bits per heavy atom. The molecule has 1 aromatic rings. The van der Waals surface area contributed by atoms with Gasteiger partial charge in [-0.2, -0.15) is 13.2 Å². The molecule has 2 N–H and O–H groups in total. The summed E-state index contributed by atoms with van der Waals surface area (Å²) >= 11 is 0. The first-order chi connectivity index (χ1) is 8.79. The van der Waals surface area contributed by atoms with Gasteiger partial charge in [-0.1, -0.05) is 0 Å². The third kappa shape index (κ3) is 3.19. The Hall–Kier alpha value is -1.72. The van der Waals surface area contributed by atoms with Gasteiger partial charge in [-0.15, -0.1) is 0 Å². The lowest BCUT2D eigenvalue weighted by molar-refractivity contribution is -0.138. The number of alkyl halides is 3. The number of aliphatic carboxylic acids is 1. The second-order valence-electron chi connectivity index (χ2n) is 4.81. The van der Waals surface area contributed by atoms with Gasteiger partial charge < -0.3 is 10.2 Å². The first kappa shape index (κ1) is 13.7. The molecule has 1 unspecified atom stereocenters. The van der Waals surface area contributed by atoms with Crippen LogP contribution in [0.25, 0.3) is 0 Å². The fourth-order valence-corrected chi connectivity index (χ4v) is 2.25. The van der Waals surface area contributed by atoms with Crippen LogP contribution in [0.4, 0.5) is 13.2 Å². The molecule has 19 heavy (non-hydrogen) atoms. The van der Waals surface area contributed by atoms with Gasteiger partial charge in [0, 0.05) is 5.92 Å². The number of carbonyl (C=O) groups is 1. The highest BCUT2D eigenvalue weighted by molar-refractivity contribution is 5.68. The highest BCUT2D eigenvalue weighted by Crippen LogP contribution is 2.47. The molecule has 1 aromatic carbocycles. The van der Waals surface area contributed by atoms with Crippen molar-refractivity contribution < 1.29 is 28.2 Å². The molecule has 0 heterocycles. The highest BCUT2D eigenvalue weighted by atomic mass is 19.4. The predicted octanol–water partition coefficient (Wildman–Crippen LogP) is 3.38. The largest absolute Gasteiger partial charge is 0.508 e. The Morgan fingerprint density at radius 1 is 1.37 bits per heavy atom. The van der Waals surface area contributed by atoms with Crippen molar-refractivity contribution >= 4 is 5.97 Å². The van der Waals surface area contributed by atoms with Crippen LogP contribution in [0.1, 0.15) is 36.3 Å². The van der Waals surface area contributed by atoms with Crippen molar-refractivity contribution in [3.63, 3.8) is 0 Å². The maximum Gasteiger partial charge on any atom is 0.416 e. The highest BCUT2D eigenvalue weighted by Gasteiger charge is 2.37. The van der Waals surface area contributed by atoms with Crippen LogP contribution in [0.5, 0.6) is 5.75 Å². The zero-order chi connectivity index (χ0) is 14.2. The number of aromatic hydroxyl groups is 1. The van der Waals surface area contributed by atoms with Crippen LogP contribution in [0, 0.1) is 5.92 Å². The van der Waals surface area contributed by atoms with E-state index in [9.17, 15) is 23.1 Å². The minimum Gasteiger partial charge on any atom is -0.508 e. The van der Waals surface area contributed by atoms with E-state index in [4.69, 9.17) is 5.11 Å². The molecule has 1 aliphatic carbocycles. The SMILES string of the molecule is O=C(O)CC(c1cc(C(F)(F)F)ccc1O)C1CC1. The minimum atomic E-state index is -4.50. The maximum absolute atomic E-state index is 12.6. The molecular formula is C13H13F3O3. The summed E-state index contributed by atoms with van der Waals surface area (Å²) in [7, 11) is 0. The molecule has 1 fully saturated rings. The lowest BCUT2D eigenvalue weighted by Gasteiger charge is -2.18. The predicted molar refractivity (Wildman–Crippen MR) is 60.8 cm³/mol. The first-order valence-electron chi connectivity index (χ1n) is 5.91. The van der Waals surface area contributed by atoms with Crippen LogP contribution in [0.3, 0.4) is 0 Å². The lowest BCUT2D eigenvalue weighted by atomic mass is 9.89. The van der Waals surface area contributed by atoms with Crippen LogP contribution < -0.4 is 0 Å². The molecule has 104 valence electrons. The molecule has 0 saturated heterocycles. The van der Waals surface area contributed by atoms with E-state index in [1.807, 2.05) is 0 Å². The van der Waals surface area contributed by atoms with Crippen molar-refractivity contribution in [3.05, 3.63) is 29.3 Å². The monoisotopic (exact) mass is 274 g/mol. The second-order valence-corrected chi connectivity index (χ2v) is 4.81. The van der Waals surface area contributed by atoms with Gasteiger partial charge in [0.2, 0.25) is 0 Å². The minimum absolute atomic E-state index is 0.0467. The van der Waals surface area contributed by atoms with Crippen molar-refractivity contribution in [1.82, 2.24) is 0 Å². The zero-order valence-electron chi connectivity index (χ0n) is 9.94. The summed E-state index contributed by atoms with van der Waals surface area (Å²) in [6, 6.07) is 2.64. The van der Waals surface area contributed by atoms with Gasteiger partial charge in [-0.25, -0.2) is 0 Å². The second kappa shape index (κ2) is 4.75. The fourth-order valence-electron chi connectivity index (χ4n) is 2.25. The molecule has 0 radical (unpaired) electrons. The molecule has 1 saturated carbocycles. The van der Waals surface area contributed by atoms with E-state index in [1.54, 1.807) is 0 Å². The summed E-state index contributed by atoms with van der Waals surface area (Å²) in [6.07, 6.45) is -3.19. The van der Waals surface area contributed by atoms with Gasteiger partial charge in [-0.05, 0) is 42.5 Å². The molecule has 3 nitrogen and oxygen atoms in total.